The number of aryl methyl sites for hydroxylation is 3. The SMILES string of the molecule is C=CCSc1nc2ccccc2n1CC(=O)Nc1c(C)cc(C)cc1C. The van der Waals surface area contributed by atoms with Crippen LogP contribution in [0.4, 0.5) is 5.69 Å². The van der Waals surface area contributed by atoms with Crippen molar-refractivity contribution >= 4 is 34.4 Å². The maximum atomic E-state index is 12.7. The van der Waals surface area contributed by atoms with Crippen molar-refractivity contribution in [2.75, 3.05) is 11.1 Å². The molecule has 0 unspecified atom stereocenters. The lowest BCUT2D eigenvalue weighted by molar-refractivity contribution is -0.116. The number of carbonyl (C=O) groups is 1. The predicted molar refractivity (Wildman–Crippen MR) is 110 cm³/mol. The summed E-state index contributed by atoms with van der Waals surface area (Å²) in [5.74, 6) is 0.699. The molecule has 26 heavy (non-hydrogen) atoms. The predicted octanol–water partition coefficient (Wildman–Crippen LogP) is 4.88. The molecule has 1 aromatic heterocycles. The molecule has 0 saturated heterocycles. The number of para-hydroxylation sites is 2. The number of nitrogens with zero attached hydrogens (tertiary/aromatic N) is 2. The molecule has 3 rings (SSSR count). The van der Waals surface area contributed by atoms with E-state index in [1.165, 1.54) is 5.56 Å². The van der Waals surface area contributed by atoms with Gasteiger partial charge in [-0.1, -0.05) is 47.7 Å². The van der Waals surface area contributed by atoms with Gasteiger partial charge in [0.1, 0.15) is 6.54 Å². The third-order valence-electron chi connectivity index (χ3n) is 4.19. The van der Waals surface area contributed by atoms with Crippen molar-refractivity contribution in [2.45, 2.75) is 32.5 Å². The Bertz CT molecular complexity index is 952. The van der Waals surface area contributed by atoms with E-state index in [1.54, 1.807) is 11.8 Å². The van der Waals surface area contributed by atoms with Crippen LogP contribution in [0, 0.1) is 20.8 Å². The molecular weight excluding hydrogens is 342 g/mol. The minimum atomic E-state index is -0.0522. The number of hydrogen-bond donors (Lipinski definition) is 1. The molecule has 134 valence electrons. The molecule has 4 nitrogen and oxygen atoms in total. The van der Waals surface area contributed by atoms with Crippen LogP contribution in [-0.2, 0) is 11.3 Å². The molecule has 0 aliphatic rings. The summed E-state index contributed by atoms with van der Waals surface area (Å²) < 4.78 is 1.97. The molecule has 0 aliphatic carbocycles. The highest BCUT2D eigenvalue weighted by Crippen LogP contribution is 2.25. The van der Waals surface area contributed by atoms with Gasteiger partial charge in [-0.15, -0.1) is 6.58 Å². The van der Waals surface area contributed by atoms with Crippen molar-refractivity contribution < 1.29 is 4.79 Å². The van der Waals surface area contributed by atoms with Crippen LogP contribution in [0.5, 0.6) is 0 Å². The van der Waals surface area contributed by atoms with Crippen molar-refractivity contribution in [1.82, 2.24) is 9.55 Å². The van der Waals surface area contributed by atoms with Gasteiger partial charge < -0.3 is 9.88 Å². The van der Waals surface area contributed by atoms with Crippen LogP contribution >= 0.6 is 11.8 Å². The Morgan fingerprint density at radius 2 is 1.92 bits per heavy atom. The summed E-state index contributed by atoms with van der Waals surface area (Å²) >= 11 is 1.58. The van der Waals surface area contributed by atoms with Crippen molar-refractivity contribution in [3.8, 4) is 0 Å². The number of imidazole rings is 1. The van der Waals surface area contributed by atoms with Gasteiger partial charge in [0.15, 0.2) is 5.16 Å². The molecular formula is C21H23N3OS. The van der Waals surface area contributed by atoms with Crippen molar-refractivity contribution in [3.63, 3.8) is 0 Å². The van der Waals surface area contributed by atoms with Gasteiger partial charge in [-0.05, 0) is 44.0 Å². The summed E-state index contributed by atoms with van der Waals surface area (Å²) in [4.78, 5) is 17.4. The highest BCUT2D eigenvalue weighted by atomic mass is 32.2. The number of fused-ring (bicyclic) bond motifs is 1. The number of hydrogen-bond acceptors (Lipinski definition) is 3. The Balaban J connectivity index is 1.88. The second-order valence-electron chi connectivity index (χ2n) is 6.39. The zero-order chi connectivity index (χ0) is 18.7. The molecule has 0 fully saturated rings. The number of aromatic nitrogens is 2. The Labute approximate surface area is 158 Å². The summed E-state index contributed by atoms with van der Waals surface area (Å²) in [6.45, 7) is 10.1. The lowest BCUT2D eigenvalue weighted by Crippen LogP contribution is -2.20. The highest BCUT2D eigenvalue weighted by Gasteiger charge is 2.15. The van der Waals surface area contributed by atoms with Gasteiger partial charge in [-0.3, -0.25) is 4.79 Å². The molecule has 0 spiro atoms. The van der Waals surface area contributed by atoms with E-state index in [4.69, 9.17) is 0 Å². The Kier molecular flexibility index (Phi) is 5.47. The van der Waals surface area contributed by atoms with E-state index in [-0.39, 0.29) is 12.5 Å². The normalized spacial score (nSPS) is 10.9. The first-order valence-corrected chi connectivity index (χ1v) is 9.55. The quantitative estimate of drug-likeness (QED) is 0.500. The molecule has 5 heteroatoms. The van der Waals surface area contributed by atoms with Crippen LogP contribution in [0.3, 0.4) is 0 Å². The van der Waals surface area contributed by atoms with Gasteiger partial charge in [-0.25, -0.2) is 4.98 Å². The summed E-state index contributed by atoms with van der Waals surface area (Å²) in [6.07, 6.45) is 1.84. The van der Waals surface area contributed by atoms with Gasteiger partial charge in [-0.2, -0.15) is 0 Å². The fourth-order valence-electron chi connectivity index (χ4n) is 3.15. The Hall–Kier alpha value is -2.53. The Morgan fingerprint density at radius 3 is 2.62 bits per heavy atom. The van der Waals surface area contributed by atoms with E-state index >= 15 is 0 Å². The third-order valence-corrected chi connectivity index (χ3v) is 5.17. The highest BCUT2D eigenvalue weighted by molar-refractivity contribution is 7.99. The average Bonchev–Trinajstić information content (AvgIpc) is 2.94. The fraction of sp³-hybridized carbons (Fsp3) is 0.238. The molecule has 1 N–H and O–H groups in total. The number of carbonyl (C=O) groups excluding carboxylic acids is 1. The van der Waals surface area contributed by atoms with Crippen LogP contribution in [0.15, 0.2) is 54.2 Å². The van der Waals surface area contributed by atoms with Gasteiger partial charge in [0, 0.05) is 11.4 Å². The molecule has 1 heterocycles. The van der Waals surface area contributed by atoms with E-state index in [0.717, 1.165) is 38.8 Å². The van der Waals surface area contributed by atoms with Gasteiger partial charge in [0.2, 0.25) is 5.91 Å². The van der Waals surface area contributed by atoms with Crippen molar-refractivity contribution in [3.05, 3.63) is 65.7 Å². The molecule has 0 radical (unpaired) electrons. The summed E-state index contributed by atoms with van der Waals surface area (Å²) in [5.41, 5.74) is 6.10. The number of anilines is 1. The van der Waals surface area contributed by atoms with Crippen molar-refractivity contribution in [2.24, 2.45) is 0 Å². The molecule has 2 aromatic carbocycles. The third kappa shape index (κ3) is 3.83. The molecule has 0 saturated carbocycles. The van der Waals surface area contributed by atoms with Crippen LogP contribution in [-0.4, -0.2) is 21.2 Å². The zero-order valence-electron chi connectivity index (χ0n) is 15.4. The number of amides is 1. The molecule has 3 aromatic rings. The maximum Gasteiger partial charge on any atom is 0.244 e. The second kappa shape index (κ2) is 7.79. The molecule has 1 amide bonds. The number of thioether (sulfide) groups is 1. The van der Waals surface area contributed by atoms with Gasteiger partial charge in [0.05, 0.1) is 11.0 Å². The summed E-state index contributed by atoms with van der Waals surface area (Å²) in [5, 5.41) is 3.91. The first-order valence-electron chi connectivity index (χ1n) is 8.56. The minimum absolute atomic E-state index is 0.0522. The lowest BCUT2D eigenvalue weighted by atomic mass is 10.1. The maximum absolute atomic E-state index is 12.7. The van der Waals surface area contributed by atoms with E-state index in [0.29, 0.717) is 0 Å². The second-order valence-corrected chi connectivity index (χ2v) is 7.38. The first kappa shape index (κ1) is 18.3. The Morgan fingerprint density at radius 1 is 1.23 bits per heavy atom. The van der Waals surface area contributed by atoms with Crippen LogP contribution in [0.1, 0.15) is 16.7 Å². The van der Waals surface area contributed by atoms with E-state index < -0.39 is 0 Å². The monoisotopic (exact) mass is 365 g/mol. The zero-order valence-corrected chi connectivity index (χ0v) is 16.2. The molecule has 0 bridgehead atoms. The van der Waals surface area contributed by atoms with Gasteiger partial charge in [0.25, 0.3) is 0 Å². The number of benzene rings is 2. The largest absolute Gasteiger partial charge is 0.324 e. The van der Waals surface area contributed by atoms with Gasteiger partial charge >= 0.3 is 0 Å². The van der Waals surface area contributed by atoms with E-state index in [1.807, 2.05) is 48.8 Å². The number of nitrogens with one attached hydrogen (secondary N) is 1. The molecule has 0 aliphatic heterocycles. The summed E-state index contributed by atoms with van der Waals surface area (Å²) in [6, 6.07) is 12.1. The van der Waals surface area contributed by atoms with Crippen LogP contribution < -0.4 is 5.32 Å². The first-order chi connectivity index (χ1) is 12.5. The van der Waals surface area contributed by atoms with Crippen molar-refractivity contribution in [1.29, 1.82) is 0 Å². The van der Waals surface area contributed by atoms with Crippen LogP contribution in [0.2, 0.25) is 0 Å². The van der Waals surface area contributed by atoms with Crippen LogP contribution in [0.25, 0.3) is 11.0 Å². The lowest BCUT2D eigenvalue weighted by Gasteiger charge is -2.14. The topological polar surface area (TPSA) is 46.9 Å². The smallest absolute Gasteiger partial charge is 0.244 e. The van der Waals surface area contributed by atoms with E-state index in [2.05, 4.69) is 35.9 Å². The molecule has 0 atom stereocenters. The summed E-state index contributed by atoms with van der Waals surface area (Å²) in [7, 11) is 0. The number of rotatable bonds is 6. The minimum Gasteiger partial charge on any atom is -0.324 e. The standard InChI is InChI=1S/C21H23N3OS/c1-5-10-26-21-22-17-8-6-7-9-18(17)24(21)13-19(25)23-20-15(3)11-14(2)12-16(20)4/h5-9,11-12H,1,10,13H2,2-4H3,(H,23,25). The van der Waals surface area contributed by atoms with E-state index in [9.17, 15) is 4.79 Å². The average molecular weight is 366 g/mol. The fourth-order valence-corrected chi connectivity index (χ4v) is 3.90.